The molecule has 0 saturated heterocycles. The molecule has 1 nitrogen and oxygen atoms in total. The van der Waals surface area contributed by atoms with E-state index >= 15 is 0 Å². The SMILES string of the molecule is Cc1ccccc1C.O=Cc1ccccc1. The fourth-order valence-corrected chi connectivity index (χ4v) is 1.19. The van der Waals surface area contributed by atoms with E-state index in [4.69, 9.17) is 0 Å². The highest BCUT2D eigenvalue weighted by Crippen LogP contribution is 2.02. The molecule has 0 aromatic heterocycles. The van der Waals surface area contributed by atoms with Gasteiger partial charge >= 0.3 is 0 Å². The molecule has 0 fully saturated rings. The molecule has 0 spiro atoms. The molecule has 1 heteroatoms. The van der Waals surface area contributed by atoms with Crippen molar-refractivity contribution < 1.29 is 4.79 Å². The molecule has 0 aliphatic rings. The number of carbonyl (C=O) groups is 1. The molecule has 2 aromatic rings. The lowest BCUT2D eigenvalue weighted by molar-refractivity contribution is 0.112. The zero-order valence-electron chi connectivity index (χ0n) is 9.68. The maximum atomic E-state index is 10.0. The molecule has 2 aromatic carbocycles. The average Bonchev–Trinajstić information content (AvgIpc) is 2.35. The zero-order chi connectivity index (χ0) is 11.8. The van der Waals surface area contributed by atoms with Crippen molar-refractivity contribution >= 4 is 6.29 Å². The van der Waals surface area contributed by atoms with Crippen LogP contribution < -0.4 is 0 Å². The van der Waals surface area contributed by atoms with Gasteiger partial charge in [0.1, 0.15) is 6.29 Å². The van der Waals surface area contributed by atoms with Gasteiger partial charge in [0.25, 0.3) is 0 Å². The Balaban J connectivity index is 0.000000160. The molecule has 0 aliphatic carbocycles. The first-order valence-electron chi connectivity index (χ1n) is 5.26. The van der Waals surface area contributed by atoms with E-state index in [0.29, 0.717) is 0 Å². The summed E-state index contributed by atoms with van der Waals surface area (Å²) in [5.74, 6) is 0. The summed E-state index contributed by atoms with van der Waals surface area (Å²) < 4.78 is 0. The maximum absolute atomic E-state index is 10.0. The molecule has 0 amide bonds. The van der Waals surface area contributed by atoms with Crippen LogP contribution in [0.25, 0.3) is 0 Å². The lowest BCUT2D eigenvalue weighted by Gasteiger charge is -1.93. The maximum Gasteiger partial charge on any atom is 0.150 e. The molecule has 82 valence electrons. The molecule has 0 bridgehead atoms. The molecule has 2 rings (SSSR count). The van der Waals surface area contributed by atoms with Crippen molar-refractivity contribution in [2.75, 3.05) is 0 Å². The summed E-state index contributed by atoms with van der Waals surface area (Å²) in [4.78, 5) is 10.0. The quantitative estimate of drug-likeness (QED) is 0.657. The molecule has 0 heterocycles. The van der Waals surface area contributed by atoms with Crippen LogP contribution in [0, 0.1) is 13.8 Å². The van der Waals surface area contributed by atoms with Crippen LogP contribution in [-0.4, -0.2) is 6.29 Å². The Labute approximate surface area is 96.8 Å². The first-order chi connectivity index (χ1) is 7.74. The first kappa shape index (κ1) is 12.2. The molecule has 16 heavy (non-hydrogen) atoms. The Morgan fingerprint density at radius 3 is 1.50 bits per heavy atom. The second-order valence-corrected chi connectivity index (χ2v) is 3.61. The van der Waals surface area contributed by atoms with Gasteiger partial charge in [0.15, 0.2) is 0 Å². The Bertz CT molecular complexity index is 411. The van der Waals surface area contributed by atoms with Crippen LogP contribution in [0.4, 0.5) is 0 Å². The smallest absolute Gasteiger partial charge is 0.150 e. The third-order valence-corrected chi connectivity index (χ3v) is 2.36. The topological polar surface area (TPSA) is 17.1 Å². The summed E-state index contributed by atoms with van der Waals surface area (Å²) in [6.45, 7) is 4.24. The molecule has 0 radical (unpaired) electrons. The zero-order valence-corrected chi connectivity index (χ0v) is 9.68. The summed E-state index contributed by atoms with van der Waals surface area (Å²) in [6.07, 6.45) is 0.833. The normalized spacial score (nSPS) is 8.88. The minimum absolute atomic E-state index is 0.729. The van der Waals surface area contributed by atoms with Gasteiger partial charge in [0.05, 0.1) is 0 Å². The molecule has 0 N–H and O–H groups in total. The molecular weight excluding hydrogens is 196 g/mol. The monoisotopic (exact) mass is 212 g/mol. The number of hydrogen-bond donors (Lipinski definition) is 0. The number of hydrogen-bond acceptors (Lipinski definition) is 1. The fourth-order valence-electron chi connectivity index (χ4n) is 1.19. The second-order valence-electron chi connectivity index (χ2n) is 3.61. The Morgan fingerprint density at radius 2 is 1.19 bits per heavy atom. The number of aldehydes is 1. The van der Waals surface area contributed by atoms with E-state index in [1.54, 1.807) is 12.1 Å². The Hall–Kier alpha value is -1.89. The van der Waals surface area contributed by atoms with E-state index in [9.17, 15) is 4.79 Å². The molecule has 0 atom stereocenters. The molecule has 0 aliphatic heterocycles. The molecule has 0 unspecified atom stereocenters. The van der Waals surface area contributed by atoms with Crippen LogP contribution in [0.1, 0.15) is 21.5 Å². The summed E-state index contributed by atoms with van der Waals surface area (Å²) in [6, 6.07) is 17.5. The number of aryl methyl sites for hydroxylation is 2. The van der Waals surface area contributed by atoms with E-state index < -0.39 is 0 Å². The largest absolute Gasteiger partial charge is 0.298 e. The van der Waals surface area contributed by atoms with Crippen molar-refractivity contribution in [1.82, 2.24) is 0 Å². The van der Waals surface area contributed by atoms with Crippen molar-refractivity contribution in [1.29, 1.82) is 0 Å². The van der Waals surface area contributed by atoms with Crippen LogP contribution in [0.2, 0.25) is 0 Å². The average molecular weight is 212 g/mol. The number of rotatable bonds is 1. The van der Waals surface area contributed by atoms with Crippen molar-refractivity contribution in [2.45, 2.75) is 13.8 Å². The van der Waals surface area contributed by atoms with Gasteiger partial charge in [-0.25, -0.2) is 0 Å². The lowest BCUT2D eigenvalue weighted by Crippen LogP contribution is -1.74. The van der Waals surface area contributed by atoms with Crippen LogP contribution >= 0.6 is 0 Å². The van der Waals surface area contributed by atoms with Crippen molar-refractivity contribution in [3.63, 3.8) is 0 Å². The molecule has 0 saturated carbocycles. The highest BCUT2D eigenvalue weighted by molar-refractivity contribution is 5.74. The van der Waals surface area contributed by atoms with E-state index in [0.717, 1.165) is 11.8 Å². The van der Waals surface area contributed by atoms with Crippen molar-refractivity contribution in [2.24, 2.45) is 0 Å². The minimum Gasteiger partial charge on any atom is -0.298 e. The number of carbonyl (C=O) groups excluding carboxylic acids is 1. The lowest BCUT2D eigenvalue weighted by atomic mass is 10.1. The summed E-state index contributed by atoms with van der Waals surface area (Å²) in [5.41, 5.74) is 3.47. The van der Waals surface area contributed by atoms with Crippen LogP contribution in [0.5, 0.6) is 0 Å². The highest BCUT2D eigenvalue weighted by atomic mass is 16.1. The number of benzene rings is 2. The van der Waals surface area contributed by atoms with E-state index in [2.05, 4.69) is 38.1 Å². The Kier molecular flexibility index (Phi) is 5.00. The van der Waals surface area contributed by atoms with Gasteiger partial charge in [-0.05, 0) is 25.0 Å². The minimum atomic E-state index is 0.729. The summed E-state index contributed by atoms with van der Waals surface area (Å²) in [5, 5.41) is 0. The third-order valence-electron chi connectivity index (χ3n) is 2.36. The second kappa shape index (κ2) is 6.57. The summed E-state index contributed by atoms with van der Waals surface area (Å²) in [7, 11) is 0. The van der Waals surface area contributed by atoms with Crippen molar-refractivity contribution in [3.8, 4) is 0 Å². The predicted molar refractivity (Wildman–Crippen MR) is 67.7 cm³/mol. The van der Waals surface area contributed by atoms with Crippen LogP contribution in [0.3, 0.4) is 0 Å². The third kappa shape index (κ3) is 4.09. The Morgan fingerprint density at radius 1 is 0.750 bits per heavy atom. The predicted octanol–water partition coefficient (Wildman–Crippen LogP) is 3.80. The van der Waals surface area contributed by atoms with Gasteiger partial charge < -0.3 is 0 Å². The fraction of sp³-hybridized carbons (Fsp3) is 0.133. The highest BCUT2D eigenvalue weighted by Gasteiger charge is 1.83. The van der Waals surface area contributed by atoms with Crippen LogP contribution in [0.15, 0.2) is 54.6 Å². The standard InChI is InChI=1S/C8H10.C7H6O/c1-7-5-3-4-6-8(7)2;8-6-7-4-2-1-3-5-7/h3-6H,1-2H3;1-6H. The van der Waals surface area contributed by atoms with E-state index in [1.165, 1.54) is 11.1 Å². The molecular formula is C15H16O. The van der Waals surface area contributed by atoms with Gasteiger partial charge in [-0.2, -0.15) is 0 Å². The summed E-state index contributed by atoms with van der Waals surface area (Å²) >= 11 is 0. The van der Waals surface area contributed by atoms with Gasteiger partial charge in [-0.1, -0.05) is 54.6 Å². The van der Waals surface area contributed by atoms with Crippen molar-refractivity contribution in [3.05, 3.63) is 71.3 Å². The van der Waals surface area contributed by atoms with Gasteiger partial charge in [-0.3, -0.25) is 4.79 Å². The van der Waals surface area contributed by atoms with Gasteiger partial charge in [0, 0.05) is 5.56 Å². The van der Waals surface area contributed by atoms with E-state index in [1.807, 2.05) is 18.2 Å². The first-order valence-corrected chi connectivity index (χ1v) is 5.26. The van der Waals surface area contributed by atoms with Gasteiger partial charge in [0.2, 0.25) is 0 Å². The van der Waals surface area contributed by atoms with E-state index in [-0.39, 0.29) is 0 Å². The van der Waals surface area contributed by atoms with Gasteiger partial charge in [-0.15, -0.1) is 0 Å². The van der Waals surface area contributed by atoms with Crippen LogP contribution in [-0.2, 0) is 0 Å².